The van der Waals surface area contributed by atoms with Crippen LogP contribution in [0.3, 0.4) is 0 Å². The highest BCUT2D eigenvalue weighted by Crippen LogP contribution is 2.23. The molecule has 1 amide bonds. The number of rotatable bonds is 7. The van der Waals surface area contributed by atoms with Crippen molar-refractivity contribution in [3.8, 4) is 0 Å². The fourth-order valence-electron chi connectivity index (χ4n) is 2.25. The summed E-state index contributed by atoms with van der Waals surface area (Å²) < 4.78 is 27.9. The number of carbonyl (C=O) groups is 1. The molecule has 2 aromatic carbocycles. The van der Waals surface area contributed by atoms with Gasteiger partial charge in [-0.2, -0.15) is 0 Å². The van der Waals surface area contributed by atoms with E-state index >= 15 is 0 Å². The van der Waals surface area contributed by atoms with Crippen molar-refractivity contribution in [1.29, 1.82) is 0 Å². The molecule has 2 rings (SSSR count). The van der Waals surface area contributed by atoms with E-state index in [1.54, 1.807) is 31.2 Å². The molecule has 0 saturated carbocycles. The number of hydrogen-bond donors (Lipinski definition) is 2. The van der Waals surface area contributed by atoms with Gasteiger partial charge in [0.15, 0.2) is 0 Å². The second kappa shape index (κ2) is 8.40. The summed E-state index contributed by atoms with van der Waals surface area (Å²) in [6, 6.07) is 11.7. The van der Waals surface area contributed by atoms with Gasteiger partial charge in [0, 0.05) is 22.7 Å². The summed E-state index contributed by atoms with van der Waals surface area (Å²) in [7, 11) is -3.77. The summed E-state index contributed by atoms with van der Waals surface area (Å²) in [5.74, 6) is -0.263. The SMILES string of the molecule is CCCNC(=O)c1cc(S(=O)(=O)Nc2cccc(SC)c2)ccc1C. The molecule has 0 atom stereocenters. The number of anilines is 1. The molecule has 0 heterocycles. The van der Waals surface area contributed by atoms with Crippen LogP contribution in [-0.2, 0) is 10.0 Å². The van der Waals surface area contributed by atoms with Gasteiger partial charge in [-0.05, 0) is 55.5 Å². The van der Waals surface area contributed by atoms with Crippen molar-refractivity contribution in [1.82, 2.24) is 5.32 Å². The zero-order chi connectivity index (χ0) is 18.4. The summed E-state index contributed by atoms with van der Waals surface area (Å²) in [6.07, 6.45) is 2.74. The Morgan fingerprint density at radius 2 is 1.92 bits per heavy atom. The molecule has 7 heteroatoms. The fourth-order valence-corrected chi connectivity index (χ4v) is 3.78. The Morgan fingerprint density at radius 3 is 2.60 bits per heavy atom. The van der Waals surface area contributed by atoms with Crippen LogP contribution in [0.2, 0.25) is 0 Å². The van der Waals surface area contributed by atoms with Gasteiger partial charge in [-0.3, -0.25) is 9.52 Å². The molecule has 5 nitrogen and oxygen atoms in total. The number of hydrogen-bond acceptors (Lipinski definition) is 4. The van der Waals surface area contributed by atoms with Crippen molar-refractivity contribution in [3.63, 3.8) is 0 Å². The third kappa shape index (κ3) is 4.99. The highest BCUT2D eigenvalue weighted by atomic mass is 32.2. The molecule has 0 aromatic heterocycles. The third-order valence-electron chi connectivity index (χ3n) is 3.62. The Hall–Kier alpha value is -1.99. The predicted molar refractivity (Wildman–Crippen MR) is 103 cm³/mol. The fraction of sp³-hybridized carbons (Fsp3) is 0.278. The smallest absolute Gasteiger partial charge is 0.261 e. The van der Waals surface area contributed by atoms with Crippen LogP contribution in [0.4, 0.5) is 5.69 Å². The Labute approximate surface area is 153 Å². The van der Waals surface area contributed by atoms with Gasteiger partial charge in [-0.25, -0.2) is 8.42 Å². The number of carbonyl (C=O) groups excluding carboxylic acids is 1. The zero-order valence-electron chi connectivity index (χ0n) is 14.5. The highest BCUT2D eigenvalue weighted by molar-refractivity contribution is 7.98. The first-order valence-corrected chi connectivity index (χ1v) is 10.6. The van der Waals surface area contributed by atoms with Crippen molar-refractivity contribution < 1.29 is 13.2 Å². The van der Waals surface area contributed by atoms with Crippen LogP contribution in [-0.4, -0.2) is 27.1 Å². The van der Waals surface area contributed by atoms with Crippen molar-refractivity contribution in [2.75, 3.05) is 17.5 Å². The van der Waals surface area contributed by atoms with Crippen LogP contribution in [0.1, 0.15) is 29.3 Å². The van der Waals surface area contributed by atoms with Crippen molar-refractivity contribution in [2.45, 2.75) is 30.1 Å². The standard InChI is InChI=1S/C18H22N2O3S2/c1-4-10-19-18(21)17-12-16(9-8-13(17)2)25(22,23)20-14-6-5-7-15(11-14)24-3/h5-9,11-12,20H,4,10H2,1-3H3,(H,19,21). The average Bonchev–Trinajstić information content (AvgIpc) is 2.59. The Bertz CT molecular complexity index is 864. The number of benzene rings is 2. The minimum atomic E-state index is -3.77. The van der Waals surface area contributed by atoms with Crippen LogP contribution in [0.5, 0.6) is 0 Å². The molecule has 0 aliphatic carbocycles. The van der Waals surface area contributed by atoms with Gasteiger partial charge < -0.3 is 5.32 Å². The lowest BCUT2D eigenvalue weighted by atomic mass is 10.1. The van der Waals surface area contributed by atoms with Gasteiger partial charge in [0.1, 0.15) is 0 Å². The molecule has 2 aromatic rings. The Balaban J connectivity index is 2.31. The molecule has 0 radical (unpaired) electrons. The van der Waals surface area contributed by atoms with Crippen LogP contribution < -0.4 is 10.0 Å². The third-order valence-corrected chi connectivity index (χ3v) is 5.73. The molecular weight excluding hydrogens is 356 g/mol. The van der Waals surface area contributed by atoms with E-state index in [0.717, 1.165) is 16.9 Å². The molecule has 0 aliphatic heterocycles. The molecule has 25 heavy (non-hydrogen) atoms. The van der Waals surface area contributed by atoms with Crippen molar-refractivity contribution in [2.24, 2.45) is 0 Å². The van der Waals surface area contributed by atoms with Crippen LogP contribution >= 0.6 is 11.8 Å². The molecule has 0 fully saturated rings. The lowest BCUT2D eigenvalue weighted by molar-refractivity contribution is 0.0953. The van der Waals surface area contributed by atoms with Gasteiger partial charge in [-0.1, -0.05) is 19.1 Å². The highest BCUT2D eigenvalue weighted by Gasteiger charge is 2.18. The molecule has 2 N–H and O–H groups in total. The maximum atomic E-state index is 12.7. The van der Waals surface area contributed by atoms with Gasteiger partial charge >= 0.3 is 0 Å². The van der Waals surface area contributed by atoms with E-state index in [4.69, 9.17) is 0 Å². The van der Waals surface area contributed by atoms with Crippen LogP contribution in [0.25, 0.3) is 0 Å². The van der Waals surface area contributed by atoms with E-state index in [2.05, 4.69) is 10.0 Å². The Kier molecular flexibility index (Phi) is 6.50. The van der Waals surface area contributed by atoms with E-state index < -0.39 is 10.0 Å². The summed E-state index contributed by atoms with van der Waals surface area (Å²) in [6.45, 7) is 4.29. The second-order valence-corrected chi connectivity index (χ2v) is 8.13. The van der Waals surface area contributed by atoms with Gasteiger partial charge in [0.2, 0.25) is 0 Å². The Morgan fingerprint density at radius 1 is 1.16 bits per heavy atom. The maximum Gasteiger partial charge on any atom is 0.261 e. The first-order valence-electron chi connectivity index (χ1n) is 7.93. The monoisotopic (exact) mass is 378 g/mol. The van der Waals surface area contributed by atoms with E-state index in [9.17, 15) is 13.2 Å². The topological polar surface area (TPSA) is 75.3 Å². The lowest BCUT2D eigenvalue weighted by Crippen LogP contribution is -2.25. The maximum absolute atomic E-state index is 12.7. The van der Waals surface area contributed by atoms with Gasteiger partial charge in [0.25, 0.3) is 15.9 Å². The molecule has 0 spiro atoms. The van der Waals surface area contributed by atoms with Gasteiger partial charge in [-0.15, -0.1) is 11.8 Å². The molecule has 0 saturated heterocycles. The lowest BCUT2D eigenvalue weighted by Gasteiger charge is -2.12. The number of nitrogens with one attached hydrogen (secondary N) is 2. The number of sulfonamides is 1. The number of aryl methyl sites for hydroxylation is 1. The molecular formula is C18H22N2O3S2. The van der Waals surface area contributed by atoms with Gasteiger partial charge in [0.05, 0.1) is 4.90 Å². The van der Waals surface area contributed by atoms with Crippen LogP contribution in [0.15, 0.2) is 52.3 Å². The molecule has 0 unspecified atom stereocenters. The minimum absolute atomic E-state index is 0.0642. The normalized spacial score (nSPS) is 11.2. The largest absolute Gasteiger partial charge is 0.352 e. The second-order valence-electron chi connectivity index (χ2n) is 5.57. The van der Waals surface area contributed by atoms with E-state index in [1.165, 1.54) is 23.9 Å². The zero-order valence-corrected chi connectivity index (χ0v) is 16.1. The first kappa shape index (κ1) is 19.3. The minimum Gasteiger partial charge on any atom is -0.352 e. The average molecular weight is 379 g/mol. The number of amides is 1. The summed E-state index contributed by atoms with van der Waals surface area (Å²) in [5, 5.41) is 2.78. The van der Waals surface area contributed by atoms with E-state index in [0.29, 0.717) is 17.8 Å². The quantitative estimate of drug-likeness (QED) is 0.721. The summed E-state index contributed by atoms with van der Waals surface area (Å²) >= 11 is 1.53. The van der Waals surface area contributed by atoms with E-state index in [1.807, 2.05) is 19.2 Å². The van der Waals surface area contributed by atoms with E-state index in [-0.39, 0.29) is 10.8 Å². The molecule has 134 valence electrons. The molecule has 0 aliphatic rings. The van der Waals surface area contributed by atoms with Crippen LogP contribution in [0, 0.1) is 6.92 Å². The first-order chi connectivity index (χ1) is 11.9. The summed E-state index contributed by atoms with van der Waals surface area (Å²) in [4.78, 5) is 13.2. The molecule has 0 bridgehead atoms. The van der Waals surface area contributed by atoms with Crippen molar-refractivity contribution >= 4 is 33.4 Å². The predicted octanol–water partition coefficient (Wildman–Crippen LogP) is 3.66. The summed E-state index contributed by atoms with van der Waals surface area (Å²) in [5.41, 5.74) is 1.59. The van der Waals surface area contributed by atoms with Crippen molar-refractivity contribution in [3.05, 3.63) is 53.6 Å². The number of thioether (sulfide) groups is 1.